The van der Waals surface area contributed by atoms with Crippen molar-refractivity contribution in [3.05, 3.63) is 191 Å². The predicted octanol–water partition coefficient (Wildman–Crippen LogP) is 17.2. The summed E-state index contributed by atoms with van der Waals surface area (Å²) in [6.07, 6.45) is 20.6. The van der Waals surface area contributed by atoms with E-state index in [0.29, 0.717) is 5.70 Å². The van der Waals surface area contributed by atoms with Gasteiger partial charge in [-0.2, -0.15) is 0 Å². The largest absolute Gasteiger partial charge is 0.404 e. The first-order valence-electron chi connectivity index (χ1n) is 24.3. The van der Waals surface area contributed by atoms with Gasteiger partial charge in [0.25, 0.3) is 0 Å². The summed E-state index contributed by atoms with van der Waals surface area (Å²) in [7, 11) is 0. The lowest BCUT2D eigenvalue weighted by Crippen LogP contribution is -1.98. The van der Waals surface area contributed by atoms with Gasteiger partial charge in [0.1, 0.15) is 0 Å². The molecule has 0 aliphatic carbocycles. The lowest BCUT2D eigenvalue weighted by molar-refractivity contribution is 1.09. The SMILES string of the molecule is C/C=C(\C=C(/N)c1cc(C)c[nH]1)c1ccc2c3ccc4cc(/C(C=N)=C/CC5=NCC(C)=C5)ccc4c3n(-c3ccccc3)c2c1.C=C(C)/C=C(/C)C=N.CC.CC.CC(C)=C/C(C)=C\N.CCC. The maximum Gasteiger partial charge on any atom is 0.0619 e. The highest BCUT2D eigenvalue weighted by molar-refractivity contribution is 6.20. The van der Waals surface area contributed by atoms with Crippen LogP contribution in [-0.4, -0.2) is 34.2 Å². The summed E-state index contributed by atoms with van der Waals surface area (Å²) >= 11 is 0. The van der Waals surface area contributed by atoms with E-state index in [1.165, 1.54) is 51.7 Å². The van der Waals surface area contributed by atoms with Crippen LogP contribution in [0.5, 0.6) is 0 Å². The van der Waals surface area contributed by atoms with Crippen LogP contribution in [-0.2, 0) is 0 Å². The van der Waals surface area contributed by atoms with Crippen molar-refractivity contribution in [2.75, 3.05) is 6.54 Å². The number of fused-ring (bicyclic) bond motifs is 5. The van der Waals surface area contributed by atoms with Gasteiger partial charge in [-0.1, -0.05) is 150 Å². The maximum absolute atomic E-state index is 8.16. The van der Waals surface area contributed by atoms with E-state index < -0.39 is 0 Å². The van der Waals surface area contributed by atoms with Gasteiger partial charge in [0.05, 0.1) is 29.0 Å². The Kier molecular flexibility index (Phi) is 25.3. The van der Waals surface area contributed by atoms with Gasteiger partial charge in [-0.3, -0.25) is 4.99 Å². The third-order valence-electron chi connectivity index (χ3n) is 10.3. The maximum atomic E-state index is 8.16. The lowest BCUT2D eigenvalue weighted by Gasteiger charge is -2.12. The summed E-state index contributed by atoms with van der Waals surface area (Å²) in [6.45, 7) is 32.8. The fourth-order valence-electron chi connectivity index (χ4n) is 7.42. The molecule has 0 spiro atoms. The highest BCUT2D eigenvalue weighted by atomic mass is 15.0. The average molecular weight is 924 g/mol. The number of nitrogens with zero attached hydrogens (tertiary/aromatic N) is 2. The van der Waals surface area contributed by atoms with Crippen LogP contribution in [0.4, 0.5) is 0 Å². The summed E-state index contributed by atoms with van der Waals surface area (Å²) in [5.74, 6) is 0. The van der Waals surface area contributed by atoms with Crippen molar-refractivity contribution in [1.29, 1.82) is 10.8 Å². The van der Waals surface area contributed by atoms with Crippen molar-refractivity contribution in [3.63, 3.8) is 0 Å². The summed E-state index contributed by atoms with van der Waals surface area (Å²) in [6, 6.07) is 30.3. The second-order valence-electron chi connectivity index (χ2n) is 16.8. The Bertz CT molecular complexity index is 2890. The zero-order chi connectivity index (χ0) is 51.6. The molecular formula is C62H81N7. The number of aromatic amines is 1. The number of nitrogens with two attached hydrogens (primary N) is 2. The lowest BCUT2D eigenvalue weighted by atomic mass is 9.98. The van der Waals surface area contributed by atoms with Crippen LogP contribution in [0.2, 0.25) is 0 Å². The second-order valence-corrected chi connectivity index (χ2v) is 16.8. The number of H-pyrrole nitrogens is 1. The van der Waals surface area contributed by atoms with Crippen LogP contribution in [0.3, 0.4) is 0 Å². The number of rotatable bonds is 11. The highest BCUT2D eigenvalue weighted by Gasteiger charge is 2.17. The molecule has 1 aliphatic heterocycles. The summed E-state index contributed by atoms with van der Waals surface area (Å²) in [5.41, 5.74) is 28.7. The molecule has 0 amide bonds. The Morgan fingerprint density at radius 1 is 0.768 bits per heavy atom. The summed E-state index contributed by atoms with van der Waals surface area (Å²) < 4.78 is 2.38. The van der Waals surface area contributed by atoms with Crippen LogP contribution >= 0.6 is 0 Å². The molecule has 0 unspecified atom stereocenters. The fraction of sp³-hybridized carbons (Fsp3) is 0.274. The minimum Gasteiger partial charge on any atom is -0.404 e. The molecule has 6 aromatic rings. The normalized spacial score (nSPS) is 12.6. The van der Waals surface area contributed by atoms with E-state index in [9.17, 15) is 0 Å². The molecule has 364 valence electrons. The van der Waals surface area contributed by atoms with E-state index in [1.54, 1.807) is 6.20 Å². The molecule has 0 bridgehead atoms. The minimum absolute atomic E-state index is 0.702. The molecule has 7 nitrogen and oxygen atoms in total. The van der Waals surface area contributed by atoms with Crippen molar-refractivity contribution in [2.24, 2.45) is 16.5 Å². The number of aryl methyl sites for hydroxylation is 1. The first kappa shape index (κ1) is 57.9. The topological polar surface area (TPSA) is 133 Å². The van der Waals surface area contributed by atoms with Gasteiger partial charge in [-0.25, -0.2) is 0 Å². The third kappa shape index (κ3) is 17.1. The molecule has 0 fully saturated rings. The van der Waals surface area contributed by atoms with Crippen LogP contribution < -0.4 is 11.5 Å². The van der Waals surface area contributed by atoms with Gasteiger partial charge >= 0.3 is 0 Å². The van der Waals surface area contributed by atoms with E-state index in [1.807, 2.05) is 86.7 Å². The molecular weight excluding hydrogens is 843 g/mol. The van der Waals surface area contributed by atoms with Crippen molar-refractivity contribution in [2.45, 2.75) is 110 Å². The molecule has 3 heterocycles. The van der Waals surface area contributed by atoms with Crippen LogP contribution in [0, 0.1) is 17.7 Å². The van der Waals surface area contributed by atoms with E-state index in [2.05, 4.69) is 159 Å². The molecule has 0 atom stereocenters. The monoisotopic (exact) mass is 924 g/mol. The number of aliphatic imine (C=N–C) groups is 1. The number of aromatic nitrogens is 2. The number of allylic oxidation sites excluding steroid dienone is 12. The van der Waals surface area contributed by atoms with Gasteiger partial charge in [0.2, 0.25) is 0 Å². The first-order chi connectivity index (χ1) is 33.2. The molecule has 7 heteroatoms. The molecule has 2 aromatic heterocycles. The van der Waals surface area contributed by atoms with Crippen molar-refractivity contribution >= 4 is 67.6 Å². The quantitative estimate of drug-likeness (QED) is 0.0654. The summed E-state index contributed by atoms with van der Waals surface area (Å²) in [5, 5.41) is 19.6. The Balaban J connectivity index is 0.000000595. The van der Waals surface area contributed by atoms with Gasteiger partial charge in [-0.05, 0) is 148 Å². The smallest absolute Gasteiger partial charge is 0.0619 e. The van der Waals surface area contributed by atoms with Gasteiger partial charge < -0.3 is 31.8 Å². The molecule has 69 heavy (non-hydrogen) atoms. The molecule has 7 N–H and O–H groups in total. The third-order valence-corrected chi connectivity index (χ3v) is 10.3. The van der Waals surface area contributed by atoms with Crippen LogP contribution in [0.25, 0.3) is 55.1 Å². The fourth-order valence-corrected chi connectivity index (χ4v) is 7.42. The van der Waals surface area contributed by atoms with E-state index in [0.717, 1.165) is 85.5 Å². The molecule has 1 aliphatic rings. The Morgan fingerprint density at radius 2 is 1.39 bits per heavy atom. The van der Waals surface area contributed by atoms with Gasteiger partial charge in [-0.15, -0.1) is 0 Å². The van der Waals surface area contributed by atoms with Gasteiger partial charge in [0.15, 0.2) is 0 Å². The standard InChI is InChI=1S/C41H37N5.C7H13N.C7H11N.C3H8.2C2H6/c1-4-28(21-38(43)39-19-27(3)25-45-39)30-12-16-36-37-17-13-31-20-29(32(23-42)10-14-33-18-26(2)24-44-33)11-15-35(31)41(37)46(40(36)22-30)34-8-6-5-7-9-34;2*1-6(2)4-7(3)5-8;1-3-2;2*1-2/h4-13,15-23,25,42,45H,14,24,43H2,1-3H3;4-5H,8H2,1-3H3;4-5,8H,1H2,2-3H3;3H2,1-2H3;2*1-2H3/b28-4+,32-10+,38-21-,42-23?;7-5-;7-4-,8-5?;;;. The number of nitrogens with one attached hydrogen (secondary N) is 3. The highest BCUT2D eigenvalue weighted by Crippen LogP contribution is 2.38. The average Bonchev–Trinajstić information content (AvgIpc) is 4.08. The number of hydrogen-bond acceptors (Lipinski definition) is 5. The van der Waals surface area contributed by atoms with Crippen molar-refractivity contribution in [3.8, 4) is 5.69 Å². The second kappa shape index (κ2) is 30.2. The Hall–Kier alpha value is -7.25. The molecule has 4 aromatic carbocycles. The molecule has 0 saturated heterocycles. The first-order valence-corrected chi connectivity index (χ1v) is 24.3. The Morgan fingerprint density at radius 3 is 1.88 bits per heavy atom. The predicted molar refractivity (Wildman–Crippen MR) is 310 cm³/mol. The summed E-state index contributed by atoms with van der Waals surface area (Å²) in [4.78, 5) is 7.87. The molecule has 0 radical (unpaired) electrons. The van der Waals surface area contributed by atoms with Crippen molar-refractivity contribution < 1.29 is 0 Å². The van der Waals surface area contributed by atoms with Gasteiger partial charge in [0, 0.05) is 52.6 Å². The minimum atomic E-state index is 0.702. The van der Waals surface area contributed by atoms with Crippen molar-refractivity contribution in [1.82, 2.24) is 9.55 Å². The molecule has 0 saturated carbocycles. The Labute approximate surface area is 415 Å². The number of hydrogen-bond donors (Lipinski definition) is 5. The van der Waals surface area contributed by atoms with Crippen LogP contribution in [0.1, 0.15) is 125 Å². The van der Waals surface area contributed by atoms with E-state index >= 15 is 0 Å². The van der Waals surface area contributed by atoms with E-state index in [-0.39, 0.29) is 0 Å². The zero-order valence-electron chi connectivity index (χ0n) is 44.2. The molecule has 7 rings (SSSR count). The van der Waals surface area contributed by atoms with E-state index in [4.69, 9.17) is 22.3 Å². The number of benzene rings is 4. The number of para-hydroxylation sites is 1. The van der Waals surface area contributed by atoms with Crippen LogP contribution in [0.15, 0.2) is 173 Å². The zero-order valence-corrected chi connectivity index (χ0v) is 44.2.